The van der Waals surface area contributed by atoms with E-state index in [0.29, 0.717) is 17.6 Å². The SMILES string of the molecule is COC1CCC(NC2CCCC(C(C)(C)C)CC2)C1. The van der Waals surface area contributed by atoms with Crippen molar-refractivity contribution in [2.75, 3.05) is 7.11 Å². The Morgan fingerprint density at radius 3 is 2.26 bits per heavy atom. The molecule has 0 aromatic rings. The zero-order chi connectivity index (χ0) is 13.9. The summed E-state index contributed by atoms with van der Waals surface area (Å²) in [5.74, 6) is 0.912. The summed E-state index contributed by atoms with van der Waals surface area (Å²) in [5.41, 5.74) is 0.489. The van der Waals surface area contributed by atoms with E-state index in [1.54, 1.807) is 0 Å². The molecule has 2 rings (SSSR count). The molecule has 112 valence electrons. The number of hydrogen-bond donors (Lipinski definition) is 1. The molecule has 0 spiro atoms. The highest BCUT2D eigenvalue weighted by Crippen LogP contribution is 2.37. The van der Waals surface area contributed by atoms with Crippen molar-refractivity contribution >= 4 is 0 Å². The van der Waals surface area contributed by atoms with Crippen molar-refractivity contribution in [3.63, 3.8) is 0 Å². The molecule has 2 saturated carbocycles. The molecule has 0 aromatic carbocycles. The van der Waals surface area contributed by atoms with Crippen LogP contribution in [0, 0.1) is 11.3 Å². The van der Waals surface area contributed by atoms with E-state index in [0.717, 1.165) is 12.0 Å². The lowest BCUT2D eigenvalue weighted by atomic mass is 9.76. The van der Waals surface area contributed by atoms with Crippen molar-refractivity contribution in [2.45, 2.75) is 90.3 Å². The van der Waals surface area contributed by atoms with Gasteiger partial charge in [-0.25, -0.2) is 0 Å². The summed E-state index contributed by atoms with van der Waals surface area (Å²) in [6, 6.07) is 1.47. The lowest BCUT2D eigenvalue weighted by molar-refractivity contribution is 0.106. The molecule has 0 amide bonds. The second-order valence-corrected chi connectivity index (χ2v) is 7.80. The molecule has 2 aliphatic rings. The van der Waals surface area contributed by atoms with Crippen LogP contribution in [0.25, 0.3) is 0 Å². The second-order valence-electron chi connectivity index (χ2n) is 7.80. The van der Waals surface area contributed by atoms with Gasteiger partial charge in [0.05, 0.1) is 6.10 Å². The summed E-state index contributed by atoms with van der Waals surface area (Å²) in [6.45, 7) is 7.22. The third-order valence-electron chi connectivity index (χ3n) is 5.38. The van der Waals surface area contributed by atoms with Crippen LogP contribution in [0.2, 0.25) is 0 Å². The predicted octanol–water partition coefficient (Wildman–Crippen LogP) is 4.14. The summed E-state index contributed by atoms with van der Waals surface area (Å²) in [5, 5.41) is 3.91. The Morgan fingerprint density at radius 1 is 0.895 bits per heavy atom. The van der Waals surface area contributed by atoms with E-state index in [1.165, 1.54) is 51.4 Å². The van der Waals surface area contributed by atoms with Crippen molar-refractivity contribution in [1.82, 2.24) is 5.32 Å². The minimum atomic E-state index is 0.489. The van der Waals surface area contributed by atoms with Crippen LogP contribution in [0.5, 0.6) is 0 Å². The monoisotopic (exact) mass is 267 g/mol. The summed E-state index contributed by atoms with van der Waals surface area (Å²) in [7, 11) is 1.85. The number of methoxy groups -OCH3 is 1. The third-order valence-corrected chi connectivity index (χ3v) is 5.38. The maximum atomic E-state index is 5.48. The van der Waals surface area contributed by atoms with Crippen molar-refractivity contribution in [3.8, 4) is 0 Å². The van der Waals surface area contributed by atoms with Crippen LogP contribution in [0.3, 0.4) is 0 Å². The first-order valence-electron chi connectivity index (χ1n) is 8.28. The van der Waals surface area contributed by atoms with Crippen LogP contribution in [0.1, 0.15) is 72.1 Å². The van der Waals surface area contributed by atoms with Gasteiger partial charge in [0.2, 0.25) is 0 Å². The molecule has 1 N–H and O–H groups in total. The van der Waals surface area contributed by atoms with Crippen LogP contribution < -0.4 is 5.32 Å². The zero-order valence-electron chi connectivity index (χ0n) is 13.4. The number of rotatable bonds is 3. The van der Waals surface area contributed by atoms with E-state index in [2.05, 4.69) is 26.1 Å². The zero-order valence-corrected chi connectivity index (χ0v) is 13.4. The fraction of sp³-hybridized carbons (Fsp3) is 1.00. The summed E-state index contributed by atoms with van der Waals surface area (Å²) < 4.78 is 5.48. The molecule has 4 atom stereocenters. The molecule has 2 heteroatoms. The molecule has 2 fully saturated rings. The molecular weight excluding hydrogens is 234 g/mol. The van der Waals surface area contributed by atoms with E-state index in [-0.39, 0.29) is 0 Å². The van der Waals surface area contributed by atoms with Gasteiger partial charge >= 0.3 is 0 Å². The largest absolute Gasteiger partial charge is 0.381 e. The number of nitrogens with one attached hydrogen (secondary N) is 1. The highest BCUT2D eigenvalue weighted by atomic mass is 16.5. The molecular formula is C17H33NO. The second kappa shape index (κ2) is 6.58. The standard InChI is InChI=1S/C17H33NO/c1-17(2,3)13-6-5-7-14(9-8-13)18-15-10-11-16(12-15)19-4/h13-16,18H,5-12H2,1-4H3. The third kappa shape index (κ3) is 4.46. The fourth-order valence-corrected chi connectivity index (χ4v) is 3.97. The van der Waals surface area contributed by atoms with Gasteiger partial charge in [0.15, 0.2) is 0 Å². The fourth-order valence-electron chi connectivity index (χ4n) is 3.97. The Bertz CT molecular complexity index is 271. The Hall–Kier alpha value is -0.0800. The molecule has 0 bridgehead atoms. The van der Waals surface area contributed by atoms with Crippen molar-refractivity contribution in [2.24, 2.45) is 11.3 Å². The predicted molar refractivity (Wildman–Crippen MR) is 81.4 cm³/mol. The maximum Gasteiger partial charge on any atom is 0.0586 e. The van der Waals surface area contributed by atoms with E-state index >= 15 is 0 Å². The maximum absolute atomic E-state index is 5.48. The first-order valence-corrected chi connectivity index (χ1v) is 8.28. The lowest BCUT2D eigenvalue weighted by Gasteiger charge is -2.30. The van der Waals surface area contributed by atoms with Gasteiger partial charge in [0, 0.05) is 19.2 Å². The Morgan fingerprint density at radius 2 is 1.63 bits per heavy atom. The van der Waals surface area contributed by atoms with E-state index < -0.39 is 0 Å². The van der Waals surface area contributed by atoms with E-state index in [1.807, 2.05) is 7.11 Å². The molecule has 2 aliphatic carbocycles. The molecule has 4 unspecified atom stereocenters. The minimum Gasteiger partial charge on any atom is -0.381 e. The van der Waals surface area contributed by atoms with Gasteiger partial charge in [-0.1, -0.05) is 27.2 Å². The normalized spacial score (nSPS) is 37.3. The van der Waals surface area contributed by atoms with Gasteiger partial charge < -0.3 is 10.1 Å². The molecule has 0 saturated heterocycles. The molecule has 2 nitrogen and oxygen atoms in total. The minimum absolute atomic E-state index is 0.489. The highest BCUT2D eigenvalue weighted by molar-refractivity contribution is 4.86. The molecule has 0 heterocycles. The summed E-state index contributed by atoms with van der Waals surface area (Å²) >= 11 is 0. The lowest BCUT2D eigenvalue weighted by Crippen LogP contribution is -2.37. The first-order chi connectivity index (χ1) is 8.99. The molecule has 19 heavy (non-hydrogen) atoms. The van der Waals surface area contributed by atoms with Crippen molar-refractivity contribution in [1.29, 1.82) is 0 Å². The average Bonchev–Trinajstić information content (AvgIpc) is 2.65. The van der Waals surface area contributed by atoms with Crippen LogP contribution in [0.15, 0.2) is 0 Å². The molecule has 0 aromatic heterocycles. The van der Waals surface area contributed by atoms with Crippen LogP contribution >= 0.6 is 0 Å². The van der Waals surface area contributed by atoms with E-state index in [9.17, 15) is 0 Å². The van der Waals surface area contributed by atoms with Crippen molar-refractivity contribution in [3.05, 3.63) is 0 Å². The first kappa shape index (κ1) is 15.3. The van der Waals surface area contributed by atoms with Gasteiger partial charge in [-0.3, -0.25) is 0 Å². The van der Waals surface area contributed by atoms with Crippen LogP contribution in [-0.2, 0) is 4.74 Å². The Kier molecular flexibility index (Phi) is 5.30. The molecule has 0 radical (unpaired) electrons. The quantitative estimate of drug-likeness (QED) is 0.776. The highest BCUT2D eigenvalue weighted by Gasteiger charge is 2.30. The Balaban J connectivity index is 1.77. The molecule has 0 aliphatic heterocycles. The number of hydrogen-bond acceptors (Lipinski definition) is 2. The van der Waals surface area contributed by atoms with E-state index in [4.69, 9.17) is 4.74 Å². The van der Waals surface area contributed by atoms with Crippen LogP contribution in [0.4, 0.5) is 0 Å². The average molecular weight is 267 g/mol. The Labute approximate surface area is 119 Å². The number of ether oxygens (including phenoxy) is 1. The van der Waals surface area contributed by atoms with Gasteiger partial charge in [0.25, 0.3) is 0 Å². The topological polar surface area (TPSA) is 21.3 Å². The van der Waals surface area contributed by atoms with Gasteiger partial charge in [0.1, 0.15) is 0 Å². The summed E-state index contributed by atoms with van der Waals surface area (Å²) in [4.78, 5) is 0. The van der Waals surface area contributed by atoms with Gasteiger partial charge in [-0.2, -0.15) is 0 Å². The smallest absolute Gasteiger partial charge is 0.0586 e. The van der Waals surface area contributed by atoms with Crippen LogP contribution in [-0.4, -0.2) is 25.3 Å². The van der Waals surface area contributed by atoms with Gasteiger partial charge in [-0.05, 0) is 56.3 Å². The van der Waals surface area contributed by atoms with Crippen molar-refractivity contribution < 1.29 is 4.74 Å². The van der Waals surface area contributed by atoms with Gasteiger partial charge in [-0.15, -0.1) is 0 Å². The summed E-state index contributed by atoms with van der Waals surface area (Å²) in [6.07, 6.45) is 11.2.